The van der Waals surface area contributed by atoms with Crippen molar-refractivity contribution in [3.05, 3.63) is 24.0 Å². The number of carbonyl (C=O) groups is 1. The molecule has 0 saturated heterocycles. The van der Waals surface area contributed by atoms with Gasteiger partial charge in [0.15, 0.2) is 0 Å². The third-order valence-corrected chi connectivity index (χ3v) is 2.63. The molecular weight excluding hydrogens is 246 g/mol. The van der Waals surface area contributed by atoms with Crippen LogP contribution in [0.4, 0.5) is 5.69 Å². The number of anilines is 1. The summed E-state index contributed by atoms with van der Waals surface area (Å²) < 4.78 is 10.0. The summed E-state index contributed by atoms with van der Waals surface area (Å²) in [5.74, 6) is -0.117. The van der Waals surface area contributed by atoms with Crippen LogP contribution >= 0.6 is 0 Å². The van der Waals surface area contributed by atoms with Gasteiger partial charge in [-0.1, -0.05) is 0 Å². The summed E-state index contributed by atoms with van der Waals surface area (Å²) >= 11 is 0. The van der Waals surface area contributed by atoms with Gasteiger partial charge in [-0.15, -0.1) is 0 Å². The normalized spacial score (nSPS) is 10.4. The Labute approximate surface area is 113 Å². The number of ether oxygens (including phenoxy) is 2. The number of aromatic nitrogens is 1. The molecule has 0 aliphatic heterocycles. The molecule has 0 fully saturated rings. The van der Waals surface area contributed by atoms with Crippen LogP contribution in [0.2, 0.25) is 0 Å². The van der Waals surface area contributed by atoms with Crippen molar-refractivity contribution < 1.29 is 14.3 Å². The number of hydrogen-bond donors (Lipinski definition) is 1. The summed E-state index contributed by atoms with van der Waals surface area (Å²) in [5, 5.41) is 0. The van der Waals surface area contributed by atoms with Crippen molar-refractivity contribution in [2.45, 2.75) is 6.42 Å². The maximum atomic E-state index is 12.3. The zero-order valence-electron chi connectivity index (χ0n) is 11.5. The zero-order valence-corrected chi connectivity index (χ0v) is 11.5. The Balaban J connectivity index is 2.66. The second kappa shape index (κ2) is 8.44. The maximum absolute atomic E-state index is 12.3. The molecule has 0 saturated carbocycles. The third-order valence-electron chi connectivity index (χ3n) is 2.63. The van der Waals surface area contributed by atoms with Crippen LogP contribution in [-0.4, -0.2) is 56.3 Å². The first kappa shape index (κ1) is 15.4. The van der Waals surface area contributed by atoms with Crippen LogP contribution in [0.25, 0.3) is 0 Å². The molecular formula is C13H21N3O3. The number of nitrogens with zero attached hydrogens (tertiary/aromatic N) is 2. The predicted molar refractivity (Wildman–Crippen MR) is 72.9 cm³/mol. The van der Waals surface area contributed by atoms with Crippen LogP contribution in [0.5, 0.6) is 0 Å². The first-order valence-electron chi connectivity index (χ1n) is 6.17. The molecule has 1 rings (SSSR count). The molecule has 0 aromatic carbocycles. The van der Waals surface area contributed by atoms with Crippen LogP contribution in [0.3, 0.4) is 0 Å². The quantitative estimate of drug-likeness (QED) is 0.705. The molecule has 0 bridgehead atoms. The van der Waals surface area contributed by atoms with Gasteiger partial charge in [-0.2, -0.15) is 0 Å². The SMILES string of the molecule is COCCCN(CCOC)C(=O)c1ccc(N)cn1. The number of hydrogen-bond acceptors (Lipinski definition) is 5. The number of rotatable bonds is 8. The number of carbonyl (C=O) groups excluding carboxylic acids is 1. The zero-order chi connectivity index (χ0) is 14.1. The van der Waals surface area contributed by atoms with Crippen molar-refractivity contribution in [2.24, 2.45) is 0 Å². The molecule has 0 aliphatic rings. The van der Waals surface area contributed by atoms with E-state index in [1.54, 1.807) is 31.3 Å². The molecule has 1 amide bonds. The van der Waals surface area contributed by atoms with Crippen molar-refractivity contribution in [1.29, 1.82) is 0 Å². The Kier molecular flexibility index (Phi) is 6.84. The van der Waals surface area contributed by atoms with E-state index in [1.807, 2.05) is 0 Å². The van der Waals surface area contributed by atoms with E-state index in [1.165, 1.54) is 6.20 Å². The summed E-state index contributed by atoms with van der Waals surface area (Å²) in [5.41, 5.74) is 6.49. The van der Waals surface area contributed by atoms with Crippen molar-refractivity contribution in [3.8, 4) is 0 Å². The molecule has 0 atom stereocenters. The fraction of sp³-hybridized carbons (Fsp3) is 0.538. The average Bonchev–Trinajstić information content (AvgIpc) is 2.43. The van der Waals surface area contributed by atoms with Gasteiger partial charge < -0.3 is 20.1 Å². The molecule has 106 valence electrons. The van der Waals surface area contributed by atoms with Crippen molar-refractivity contribution in [2.75, 3.05) is 46.3 Å². The standard InChI is InChI=1S/C13H21N3O3/c1-18-8-3-6-16(7-9-19-2)13(17)12-5-4-11(14)10-15-12/h4-5,10H,3,6-9,14H2,1-2H3. The Bertz CT molecular complexity index is 381. The first-order valence-corrected chi connectivity index (χ1v) is 6.17. The van der Waals surface area contributed by atoms with E-state index in [0.717, 1.165) is 6.42 Å². The van der Waals surface area contributed by atoms with Gasteiger partial charge in [0.25, 0.3) is 5.91 Å². The van der Waals surface area contributed by atoms with Gasteiger partial charge >= 0.3 is 0 Å². The smallest absolute Gasteiger partial charge is 0.272 e. The highest BCUT2D eigenvalue weighted by atomic mass is 16.5. The lowest BCUT2D eigenvalue weighted by Gasteiger charge is -2.21. The average molecular weight is 267 g/mol. The van der Waals surface area contributed by atoms with E-state index in [9.17, 15) is 4.79 Å². The summed E-state index contributed by atoms with van der Waals surface area (Å²) in [4.78, 5) is 18.0. The summed E-state index contributed by atoms with van der Waals surface area (Å²) in [6.07, 6.45) is 2.26. The van der Waals surface area contributed by atoms with Crippen LogP contribution in [0.1, 0.15) is 16.9 Å². The predicted octanol–water partition coefficient (Wildman–Crippen LogP) is 0.789. The topological polar surface area (TPSA) is 77.7 Å². The van der Waals surface area contributed by atoms with Crippen molar-refractivity contribution in [3.63, 3.8) is 0 Å². The Morgan fingerprint density at radius 1 is 1.26 bits per heavy atom. The molecule has 2 N–H and O–H groups in total. The monoisotopic (exact) mass is 267 g/mol. The minimum Gasteiger partial charge on any atom is -0.397 e. The molecule has 0 spiro atoms. The van der Waals surface area contributed by atoms with Crippen LogP contribution in [0.15, 0.2) is 18.3 Å². The summed E-state index contributed by atoms with van der Waals surface area (Å²) in [6.45, 7) is 2.26. The third kappa shape index (κ3) is 5.23. The molecule has 6 nitrogen and oxygen atoms in total. The lowest BCUT2D eigenvalue weighted by Crippen LogP contribution is -2.35. The molecule has 19 heavy (non-hydrogen) atoms. The van der Waals surface area contributed by atoms with Gasteiger partial charge in [0.2, 0.25) is 0 Å². The highest BCUT2D eigenvalue weighted by molar-refractivity contribution is 5.92. The molecule has 0 unspecified atom stereocenters. The number of methoxy groups -OCH3 is 2. The van der Waals surface area contributed by atoms with Gasteiger partial charge in [0, 0.05) is 33.9 Å². The molecule has 0 aliphatic carbocycles. The second-order valence-corrected chi connectivity index (χ2v) is 4.11. The Morgan fingerprint density at radius 2 is 2.00 bits per heavy atom. The van der Waals surface area contributed by atoms with E-state index >= 15 is 0 Å². The Hall–Kier alpha value is -1.66. The largest absolute Gasteiger partial charge is 0.397 e. The minimum atomic E-state index is -0.117. The van der Waals surface area contributed by atoms with E-state index < -0.39 is 0 Å². The summed E-state index contributed by atoms with van der Waals surface area (Å²) in [7, 11) is 3.25. The maximum Gasteiger partial charge on any atom is 0.272 e. The van der Waals surface area contributed by atoms with E-state index in [0.29, 0.717) is 37.7 Å². The molecule has 0 radical (unpaired) electrons. The highest BCUT2D eigenvalue weighted by Gasteiger charge is 2.16. The van der Waals surface area contributed by atoms with Gasteiger partial charge in [-0.05, 0) is 18.6 Å². The van der Waals surface area contributed by atoms with Crippen LogP contribution in [0, 0.1) is 0 Å². The molecule has 6 heteroatoms. The number of amides is 1. The molecule has 1 heterocycles. The van der Waals surface area contributed by atoms with Crippen LogP contribution in [-0.2, 0) is 9.47 Å². The van der Waals surface area contributed by atoms with Crippen molar-refractivity contribution in [1.82, 2.24) is 9.88 Å². The lowest BCUT2D eigenvalue weighted by molar-refractivity contribution is 0.0668. The van der Waals surface area contributed by atoms with Crippen LogP contribution < -0.4 is 5.73 Å². The van der Waals surface area contributed by atoms with E-state index in [4.69, 9.17) is 15.2 Å². The first-order chi connectivity index (χ1) is 9.19. The summed E-state index contributed by atoms with van der Waals surface area (Å²) in [6, 6.07) is 3.30. The number of nitrogen functional groups attached to an aromatic ring is 1. The fourth-order valence-corrected chi connectivity index (χ4v) is 1.61. The lowest BCUT2D eigenvalue weighted by atomic mass is 10.3. The van der Waals surface area contributed by atoms with Gasteiger partial charge in [0.1, 0.15) is 5.69 Å². The second-order valence-electron chi connectivity index (χ2n) is 4.11. The van der Waals surface area contributed by atoms with Gasteiger partial charge in [0.05, 0.1) is 18.5 Å². The van der Waals surface area contributed by atoms with Crippen molar-refractivity contribution >= 4 is 11.6 Å². The number of pyridine rings is 1. The van der Waals surface area contributed by atoms with Gasteiger partial charge in [-0.25, -0.2) is 4.98 Å². The van der Waals surface area contributed by atoms with E-state index in [-0.39, 0.29) is 5.91 Å². The minimum absolute atomic E-state index is 0.117. The van der Waals surface area contributed by atoms with E-state index in [2.05, 4.69) is 4.98 Å². The van der Waals surface area contributed by atoms with Gasteiger partial charge in [-0.3, -0.25) is 4.79 Å². The molecule has 1 aromatic rings. The number of nitrogens with two attached hydrogens (primary N) is 1. The fourth-order valence-electron chi connectivity index (χ4n) is 1.61. The highest BCUT2D eigenvalue weighted by Crippen LogP contribution is 2.06. The molecule has 1 aromatic heterocycles. The Morgan fingerprint density at radius 3 is 2.58 bits per heavy atom.